The molecule has 0 fully saturated rings. The summed E-state index contributed by atoms with van der Waals surface area (Å²) in [5.41, 5.74) is 2.85. The quantitative estimate of drug-likeness (QED) is 0.609. The summed E-state index contributed by atoms with van der Waals surface area (Å²) in [6.45, 7) is 4.24. The predicted octanol–water partition coefficient (Wildman–Crippen LogP) is 3.47. The van der Waals surface area contributed by atoms with Gasteiger partial charge in [0.15, 0.2) is 11.0 Å². The third kappa shape index (κ3) is 4.83. The van der Waals surface area contributed by atoms with Gasteiger partial charge in [-0.25, -0.2) is 4.79 Å². The highest BCUT2D eigenvalue weighted by Crippen LogP contribution is 2.35. The van der Waals surface area contributed by atoms with Gasteiger partial charge in [0.25, 0.3) is 0 Å². The Hall–Kier alpha value is -3.13. The van der Waals surface area contributed by atoms with E-state index < -0.39 is 17.2 Å². The summed E-state index contributed by atoms with van der Waals surface area (Å²) in [4.78, 5) is 24.7. The number of imide groups is 1. The predicted molar refractivity (Wildman–Crippen MR) is 113 cm³/mol. The summed E-state index contributed by atoms with van der Waals surface area (Å²) in [5, 5.41) is 13.5. The molecule has 0 aliphatic rings. The molecule has 2 N–H and O–H groups in total. The van der Waals surface area contributed by atoms with Crippen LogP contribution in [0.15, 0.2) is 59.8 Å². The first kappa shape index (κ1) is 20.6. The van der Waals surface area contributed by atoms with Gasteiger partial charge in [-0.2, -0.15) is 0 Å². The van der Waals surface area contributed by atoms with Gasteiger partial charge < -0.3 is 9.88 Å². The third-order valence-electron chi connectivity index (χ3n) is 4.36. The van der Waals surface area contributed by atoms with E-state index in [4.69, 9.17) is 0 Å². The van der Waals surface area contributed by atoms with Crippen LogP contribution in [0, 0.1) is 6.92 Å². The second-order valence-corrected chi connectivity index (χ2v) is 7.51. The minimum atomic E-state index is -0.647. The lowest BCUT2D eigenvalue weighted by Crippen LogP contribution is -2.41. The summed E-state index contributed by atoms with van der Waals surface area (Å²) in [6.07, 6.45) is 0. The molecule has 0 bridgehead atoms. The van der Waals surface area contributed by atoms with Crippen molar-refractivity contribution in [2.24, 2.45) is 7.05 Å². The molecule has 0 aliphatic heterocycles. The van der Waals surface area contributed by atoms with E-state index in [1.807, 2.05) is 73.1 Å². The van der Waals surface area contributed by atoms with Crippen LogP contribution in [-0.2, 0) is 11.8 Å². The Labute approximate surface area is 173 Å². The topological polar surface area (TPSA) is 88.9 Å². The van der Waals surface area contributed by atoms with E-state index in [1.165, 1.54) is 11.8 Å². The van der Waals surface area contributed by atoms with E-state index in [0.717, 1.165) is 22.5 Å². The fourth-order valence-corrected chi connectivity index (χ4v) is 3.87. The van der Waals surface area contributed by atoms with Crippen molar-refractivity contribution in [3.05, 3.63) is 65.7 Å². The molecule has 0 spiro atoms. The maximum Gasteiger partial charge on any atom is 0.321 e. The number of hydrogen-bond donors (Lipinski definition) is 2. The molecular weight excluding hydrogens is 386 g/mol. The molecule has 1 heterocycles. The van der Waals surface area contributed by atoms with E-state index >= 15 is 0 Å². The molecule has 3 amide bonds. The lowest BCUT2D eigenvalue weighted by molar-refractivity contribution is -0.119. The second-order valence-electron chi connectivity index (χ2n) is 6.44. The van der Waals surface area contributed by atoms with E-state index in [1.54, 1.807) is 6.92 Å². The molecule has 3 rings (SSSR count). The number of amides is 3. The molecule has 1 aromatic heterocycles. The minimum Gasteiger partial charge on any atom is -0.338 e. The van der Waals surface area contributed by atoms with E-state index in [0.29, 0.717) is 11.7 Å². The molecule has 1 atom stereocenters. The second kappa shape index (κ2) is 9.38. The molecular formula is C21H23N5O2S. The first-order valence-corrected chi connectivity index (χ1v) is 10.1. The van der Waals surface area contributed by atoms with Gasteiger partial charge in [0.1, 0.15) is 5.25 Å². The number of nitrogens with zero attached hydrogens (tertiary/aromatic N) is 3. The van der Waals surface area contributed by atoms with Crippen molar-refractivity contribution < 1.29 is 9.59 Å². The van der Waals surface area contributed by atoms with Crippen LogP contribution in [0.2, 0.25) is 0 Å². The highest BCUT2D eigenvalue weighted by Gasteiger charge is 2.26. The fourth-order valence-electron chi connectivity index (χ4n) is 2.86. The molecule has 7 nitrogen and oxygen atoms in total. The van der Waals surface area contributed by atoms with Crippen molar-refractivity contribution >= 4 is 23.7 Å². The zero-order valence-corrected chi connectivity index (χ0v) is 17.4. The van der Waals surface area contributed by atoms with Crippen molar-refractivity contribution in [3.8, 4) is 11.4 Å². The van der Waals surface area contributed by atoms with Crippen LogP contribution >= 0.6 is 11.8 Å². The zero-order chi connectivity index (χ0) is 20.8. The lowest BCUT2D eigenvalue weighted by atomic mass is 10.1. The Morgan fingerprint density at radius 2 is 1.76 bits per heavy atom. The zero-order valence-electron chi connectivity index (χ0n) is 16.5. The molecule has 0 saturated carbocycles. The largest absolute Gasteiger partial charge is 0.338 e. The molecule has 0 aliphatic carbocycles. The van der Waals surface area contributed by atoms with Gasteiger partial charge in [-0.1, -0.05) is 66.4 Å². The normalized spacial score (nSPS) is 11.7. The number of nitrogens with one attached hydrogen (secondary N) is 2. The van der Waals surface area contributed by atoms with Gasteiger partial charge in [0, 0.05) is 19.2 Å². The maximum atomic E-state index is 12.8. The van der Waals surface area contributed by atoms with Gasteiger partial charge in [0.2, 0.25) is 5.91 Å². The van der Waals surface area contributed by atoms with Crippen LogP contribution in [0.1, 0.15) is 23.3 Å². The number of benzene rings is 2. The highest BCUT2D eigenvalue weighted by molar-refractivity contribution is 8.00. The van der Waals surface area contributed by atoms with Gasteiger partial charge in [-0.15, -0.1) is 10.2 Å². The van der Waals surface area contributed by atoms with Crippen molar-refractivity contribution in [3.63, 3.8) is 0 Å². The molecule has 0 unspecified atom stereocenters. The van der Waals surface area contributed by atoms with Crippen molar-refractivity contribution in [2.75, 3.05) is 6.54 Å². The van der Waals surface area contributed by atoms with E-state index in [-0.39, 0.29) is 0 Å². The molecule has 0 saturated heterocycles. The first-order chi connectivity index (χ1) is 14.0. The average molecular weight is 410 g/mol. The molecule has 2 aromatic carbocycles. The van der Waals surface area contributed by atoms with Gasteiger partial charge in [-0.05, 0) is 25.0 Å². The molecule has 29 heavy (non-hydrogen) atoms. The van der Waals surface area contributed by atoms with Crippen LogP contribution in [0.25, 0.3) is 11.4 Å². The Morgan fingerprint density at radius 1 is 1.07 bits per heavy atom. The summed E-state index contributed by atoms with van der Waals surface area (Å²) < 4.78 is 1.86. The van der Waals surface area contributed by atoms with Crippen molar-refractivity contribution in [1.82, 2.24) is 25.4 Å². The highest BCUT2D eigenvalue weighted by atomic mass is 32.2. The smallest absolute Gasteiger partial charge is 0.321 e. The van der Waals surface area contributed by atoms with Gasteiger partial charge in [0.05, 0.1) is 0 Å². The standard InChI is InChI=1S/C21H23N5O2S/c1-4-22-20(28)23-19(27)17(15-11-6-5-7-12-15)29-21-25-24-18(26(21)3)16-13-9-8-10-14(16)2/h5-13,17H,4H2,1-3H3,(H2,22,23,27,28)/t17-/m1/s1. The first-order valence-electron chi connectivity index (χ1n) is 9.27. The van der Waals surface area contributed by atoms with Gasteiger partial charge in [-0.3, -0.25) is 10.1 Å². The number of urea groups is 1. The summed E-state index contributed by atoms with van der Waals surface area (Å²) in [5.74, 6) is 0.314. The SMILES string of the molecule is CCNC(=O)NC(=O)[C@H](Sc1nnc(-c2ccccc2C)n1C)c1ccccc1. The van der Waals surface area contributed by atoms with Crippen LogP contribution in [0.5, 0.6) is 0 Å². The molecule has 8 heteroatoms. The number of aryl methyl sites for hydroxylation is 1. The van der Waals surface area contributed by atoms with Crippen molar-refractivity contribution in [2.45, 2.75) is 24.3 Å². The molecule has 150 valence electrons. The summed E-state index contributed by atoms with van der Waals surface area (Å²) in [7, 11) is 1.87. The number of thioether (sulfide) groups is 1. The minimum absolute atomic E-state index is 0.410. The maximum absolute atomic E-state index is 12.8. The average Bonchev–Trinajstić information content (AvgIpc) is 3.07. The number of aromatic nitrogens is 3. The van der Waals surface area contributed by atoms with E-state index in [2.05, 4.69) is 20.8 Å². The Kier molecular flexibility index (Phi) is 6.66. The fraction of sp³-hybridized carbons (Fsp3) is 0.238. The number of carbonyl (C=O) groups excluding carboxylic acids is 2. The van der Waals surface area contributed by atoms with Crippen LogP contribution in [0.4, 0.5) is 4.79 Å². The summed E-state index contributed by atoms with van der Waals surface area (Å²) in [6, 6.07) is 16.7. The lowest BCUT2D eigenvalue weighted by Gasteiger charge is -2.16. The van der Waals surface area contributed by atoms with E-state index in [9.17, 15) is 9.59 Å². The third-order valence-corrected chi connectivity index (χ3v) is 5.65. The van der Waals surface area contributed by atoms with Crippen LogP contribution in [0.3, 0.4) is 0 Å². The monoisotopic (exact) mass is 409 g/mol. The van der Waals surface area contributed by atoms with Crippen LogP contribution < -0.4 is 10.6 Å². The Morgan fingerprint density at radius 3 is 2.45 bits per heavy atom. The Bertz CT molecular complexity index is 1000. The molecule has 0 radical (unpaired) electrons. The Balaban J connectivity index is 1.90. The van der Waals surface area contributed by atoms with Crippen LogP contribution in [-0.4, -0.2) is 33.2 Å². The number of rotatable bonds is 6. The molecule has 3 aromatic rings. The number of hydrogen-bond acceptors (Lipinski definition) is 5. The van der Waals surface area contributed by atoms with Crippen molar-refractivity contribution in [1.29, 1.82) is 0 Å². The summed E-state index contributed by atoms with van der Waals surface area (Å²) >= 11 is 1.26. The number of carbonyl (C=O) groups is 2. The van der Waals surface area contributed by atoms with Gasteiger partial charge >= 0.3 is 6.03 Å².